The van der Waals surface area contributed by atoms with Crippen LogP contribution < -0.4 is 0 Å². The van der Waals surface area contributed by atoms with Crippen LogP contribution in [0.1, 0.15) is 22.4 Å². The van der Waals surface area contributed by atoms with Gasteiger partial charge in [-0.25, -0.2) is 4.39 Å². The average molecular weight is 461 g/mol. The highest BCUT2D eigenvalue weighted by molar-refractivity contribution is 5.66. The second-order valence-corrected chi connectivity index (χ2v) is 8.12. The van der Waals surface area contributed by atoms with Crippen molar-refractivity contribution >= 4 is 6.08 Å². The number of rotatable bonds is 4. The Morgan fingerprint density at radius 3 is 2.44 bits per heavy atom. The highest BCUT2D eigenvalue weighted by Crippen LogP contribution is 2.31. The minimum absolute atomic E-state index is 0.297. The van der Waals surface area contributed by atoms with Gasteiger partial charge in [0.25, 0.3) is 0 Å². The van der Waals surface area contributed by atoms with E-state index >= 15 is 0 Å². The van der Waals surface area contributed by atoms with Crippen LogP contribution in [0.2, 0.25) is 0 Å². The van der Waals surface area contributed by atoms with Gasteiger partial charge >= 0.3 is 6.18 Å². The smallest absolute Gasteiger partial charge is 0.369 e. The molecule has 7 heteroatoms. The van der Waals surface area contributed by atoms with E-state index in [1.807, 2.05) is 54.9 Å². The van der Waals surface area contributed by atoms with Crippen molar-refractivity contribution in [3.63, 3.8) is 0 Å². The first kappa shape index (κ1) is 21.8. The van der Waals surface area contributed by atoms with Gasteiger partial charge in [-0.1, -0.05) is 36.4 Å². The maximum absolute atomic E-state index is 13.5. The van der Waals surface area contributed by atoms with Gasteiger partial charge in [0, 0.05) is 37.2 Å². The van der Waals surface area contributed by atoms with Crippen LogP contribution in [0.3, 0.4) is 0 Å². The van der Waals surface area contributed by atoms with Crippen molar-refractivity contribution in [1.29, 1.82) is 0 Å². The summed E-state index contributed by atoms with van der Waals surface area (Å²) >= 11 is 0. The monoisotopic (exact) mass is 461 g/mol. The zero-order valence-electron chi connectivity index (χ0n) is 17.9. The summed E-state index contributed by atoms with van der Waals surface area (Å²) in [5, 5.41) is 0. The molecule has 3 heterocycles. The standard InChI is InChI=1S/C27H19F4N3/c28-24-3-1-2-22(12-24)25-13-21-9-11-34(17-23(21)15-33-25)16-18-4-6-19(7-5-18)20-8-10-32-26(14-20)27(29,30)31/h1-15H,16-17H2. The molecule has 0 fully saturated rings. The molecule has 2 aromatic heterocycles. The van der Waals surface area contributed by atoms with Gasteiger partial charge in [0.2, 0.25) is 0 Å². The maximum Gasteiger partial charge on any atom is 0.433 e. The molecule has 3 nitrogen and oxygen atoms in total. The fourth-order valence-electron chi connectivity index (χ4n) is 3.96. The van der Waals surface area contributed by atoms with Gasteiger partial charge < -0.3 is 4.90 Å². The summed E-state index contributed by atoms with van der Waals surface area (Å²) in [5.74, 6) is -0.297. The summed E-state index contributed by atoms with van der Waals surface area (Å²) in [6.07, 6.45) is 2.53. The molecule has 0 atom stereocenters. The van der Waals surface area contributed by atoms with Crippen molar-refractivity contribution in [2.24, 2.45) is 0 Å². The third kappa shape index (κ3) is 4.69. The number of nitrogens with zero attached hydrogens (tertiary/aromatic N) is 3. The van der Waals surface area contributed by atoms with Crippen LogP contribution in [0.15, 0.2) is 85.3 Å². The van der Waals surface area contributed by atoms with Crippen molar-refractivity contribution in [2.75, 3.05) is 0 Å². The van der Waals surface area contributed by atoms with Crippen molar-refractivity contribution in [3.05, 3.63) is 114 Å². The van der Waals surface area contributed by atoms with Crippen molar-refractivity contribution in [3.8, 4) is 22.4 Å². The normalized spacial score (nSPS) is 13.1. The number of fused-ring (bicyclic) bond motifs is 1. The Bertz CT molecular complexity index is 1360. The fourth-order valence-corrected chi connectivity index (χ4v) is 3.96. The van der Waals surface area contributed by atoms with Gasteiger partial charge in [0.05, 0.1) is 5.69 Å². The molecule has 0 radical (unpaired) electrons. The molecule has 1 aliphatic heterocycles. The molecule has 1 aliphatic rings. The van der Waals surface area contributed by atoms with E-state index in [2.05, 4.69) is 14.9 Å². The maximum atomic E-state index is 13.5. The topological polar surface area (TPSA) is 29.0 Å². The summed E-state index contributed by atoms with van der Waals surface area (Å²) in [5.41, 5.74) is 4.86. The van der Waals surface area contributed by atoms with Crippen LogP contribution in [0, 0.1) is 5.82 Å². The van der Waals surface area contributed by atoms with Crippen molar-refractivity contribution in [2.45, 2.75) is 19.3 Å². The van der Waals surface area contributed by atoms with Crippen molar-refractivity contribution in [1.82, 2.24) is 14.9 Å². The number of hydrogen-bond acceptors (Lipinski definition) is 3. The molecule has 0 spiro atoms. The Labute approximate surface area is 194 Å². The quantitative estimate of drug-likeness (QED) is 0.308. The highest BCUT2D eigenvalue weighted by atomic mass is 19.4. The molecule has 0 saturated heterocycles. The molecular weight excluding hydrogens is 442 g/mol. The number of alkyl halides is 3. The summed E-state index contributed by atoms with van der Waals surface area (Å²) < 4.78 is 52.4. The lowest BCUT2D eigenvalue weighted by Gasteiger charge is -2.25. The van der Waals surface area contributed by atoms with Crippen LogP contribution in [-0.2, 0) is 19.3 Å². The minimum Gasteiger partial charge on any atom is -0.369 e. The Hall–Kier alpha value is -4.00. The van der Waals surface area contributed by atoms with E-state index in [4.69, 9.17) is 0 Å². The molecular formula is C27H19F4N3. The van der Waals surface area contributed by atoms with Crippen LogP contribution in [0.25, 0.3) is 28.5 Å². The van der Waals surface area contributed by atoms with Crippen LogP contribution in [-0.4, -0.2) is 14.9 Å². The first-order chi connectivity index (χ1) is 16.3. The predicted octanol–water partition coefficient (Wildman–Crippen LogP) is 6.96. The number of benzene rings is 2. The average Bonchev–Trinajstić information content (AvgIpc) is 2.84. The molecule has 0 N–H and O–H groups in total. The number of pyridine rings is 2. The molecule has 4 aromatic rings. The largest absolute Gasteiger partial charge is 0.433 e. The molecule has 2 aromatic carbocycles. The molecule has 5 rings (SSSR count). The summed E-state index contributed by atoms with van der Waals surface area (Å²) in [6, 6.07) is 18.4. The van der Waals surface area contributed by atoms with Gasteiger partial charge in [-0.15, -0.1) is 0 Å². The minimum atomic E-state index is -4.47. The van der Waals surface area contributed by atoms with Gasteiger partial charge in [0.15, 0.2) is 0 Å². The molecule has 0 amide bonds. The van der Waals surface area contributed by atoms with Gasteiger partial charge in [-0.2, -0.15) is 13.2 Å². The molecule has 0 unspecified atom stereocenters. The van der Waals surface area contributed by atoms with E-state index in [0.717, 1.165) is 34.0 Å². The van der Waals surface area contributed by atoms with Crippen LogP contribution >= 0.6 is 0 Å². The Kier molecular flexibility index (Phi) is 5.61. The second-order valence-electron chi connectivity index (χ2n) is 8.12. The van der Waals surface area contributed by atoms with E-state index in [0.29, 0.717) is 24.2 Å². The lowest BCUT2D eigenvalue weighted by Crippen LogP contribution is -2.19. The SMILES string of the molecule is Fc1cccc(-c2cc3c(cn2)CN(Cc2ccc(-c4ccnc(C(F)(F)F)c4)cc2)C=C3)c1. The number of hydrogen-bond donors (Lipinski definition) is 0. The predicted molar refractivity (Wildman–Crippen MR) is 123 cm³/mol. The first-order valence-corrected chi connectivity index (χ1v) is 10.6. The molecule has 0 saturated carbocycles. The van der Waals surface area contributed by atoms with Gasteiger partial charge in [-0.3, -0.25) is 9.97 Å². The molecule has 0 aliphatic carbocycles. The second kappa shape index (κ2) is 8.74. The third-order valence-corrected chi connectivity index (χ3v) is 5.70. The van der Waals surface area contributed by atoms with Gasteiger partial charge in [0.1, 0.15) is 11.5 Å². The summed E-state index contributed by atoms with van der Waals surface area (Å²) in [7, 11) is 0. The zero-order valence-corrected chi connectivity index (χ0v) is 17.9. The zero-order chi connectivity index (χ0) is 23.7. The Balaban J connectivity index is 1.29. The van der Waals surface area contributed by atoms with E-state index in [1.54, 1.807) is 12.1 Å². The van der Waals surface area contributed by atoms with E-state index in [9.17, 15) is 17.6 Å². The van der Waals surface area contributed by atoms with Crippen LogP contribution in [0.5, 0.6) is 0 Å². The summed E-state index contributed by atoms with van der Waals surface area (Å²) in [6.45, 7) is 1.31. The van der Waals surface area contributed by atoms with Gasteiger partial charge in [-0.05, 0) is 64.2 Å². The first-order valence-electron chi connectivity index (χ1n) is 10.6. The third-order valence-electron chi connectivity index (χ3n) is 5.70. The van der Waals surface area contributed by atoms with E-state index in [-0.39, 0.29) is 5.82 Å². The number of aromatic nitrogens is 2. The van der Waals surface area contributed by atoms with Crippen LogP contribution in [0.4, 0.5) is 17.6 Å². The lowest BCUT2D eigenvalue weighted by atomic mass is 10.0. The number of halogens is 4. The Morgan fingerprint density at radius 2 is 1.68 bits per heavy atom. The molecule has 170 valence electrons. The molecule has 34 heavy (non-hydrogen) atoms. The van der Waals surface area contributed by atoms with E-state index in [1.165, 1.54) is 18.3 Å². The fraction of sp³-hybridized carbons (Fsp3) is 0.111. The lowest BCUT2D eigenvalue weighted by molar-refractivity contribution is -0.141. The Morgan fingerprint density at radius 1 is 0.853 bits per heavy atom. The van der Waals surface area contributed by atoms with Crippen molar-refractivity contribution < 1.29 is 17.6 Å². The summed E-state index contributed by atoms with van der Waals surface area (Å²) in [4.78, 5) is 10.1. The molecule has 0 bridgehead atoms. The highest BCUT2D eigenvalue weighted by Gasteiger charge is 2.32. The van der Waals surface area contributed by atoms with E-state index < -0.39 is 11.9 Å².